The molecule has 1 N–H and O–H groups in total. The minimum absolute atomic E-state index is 0.265. The third-order valence-corrected chi connectivity index (χ3v) is 4.13. The highest BCUT2D eigenvalue weighted by atomic mass is 16.3. The van der Waals surface area contributed by atoms with Gasteiger partial charge in [-0.2, -0.15) is 0 Å². The van der Waals surface area contributed by atoms with Gasteiger partial charge in [0.1, 0.15) is 5.78 Å². The second-order valence-electron chi connectivity index (χ2n) is 5.64. The van der Waals surface area contributed by atoms with Gasteiger partial charge in [0.25, 0.3) is 0 Å². The average molecular weight is 225 g/mol. The summed E-state index contributed by atoms with van der Waals surface area (Å²) in [6.07, 6.45) is 4.02. The van der Waals surface area contributed by atoms with Crippen LogP contribution in [0.4, 0.5) is 0 Å². The largest absolute Gasteiger partial charge is 0.396 e. The van der Waals surface area contributed by atoms with E-state index < -0.39 is 0 Å². The number of hydrogen-bond acceptors (Lipinski definition) is 3. The zero-order chi connectivity index (χ0) is 11.5. The number of hydrogen-bond donors (Lipinski definition) is 1. The number of rotatable bonds is 3. The van der Waals surface area contributed by atoms with Crippen LogP contribution in [0.3, 0.4) is 0 Å². The second-order valence-corrected chi connectivity index (χ2v) is 5.64. The van der Waals surface area contributed by atoms with Crippen molar-refractivity contribution < 1.29 is 9.90 Å². The Balaban J connectivity index is 1.82. The van der Waals surface area contributed by atoms with Gasteiger partial charge < -0.3 is 10.0 Å². The molecule has 3 atom stereocenters. The Morgan fingerprint density at radius 1 is 1.44 bits per heavy atom. The molecule has 3 unspecified atom stereocenters. The summed E-state index contributed by atoms with van der Waals surface area (Å²) in [7, 11) is 0. The molecule has 92 valence electrons. The van der Waals surface area contributed by atoms with Crippen LogP contribution in [0.15, 0.2) is 0 Å². The summed E-state index contributed by atoms with van der Waals surface area (Å²) in [5.74, 6) is 1.88. The van der Waals surface area contributed by atoms with Crippen molar-refractivity contribution in [3.8, 4) is 0 Å². The topological polar surface area (TPSA) is 40.5 Å². The lowest BCUT2D eigenvalue weighted by molar-refractivity contribution is -0.126. The lowest BCUT2D eigenvalue weighted by Gasteiger charge is -2.29. The maximum Gasteiger partial charge on any atom is 0.137 e. The Labute approximate surface area is 97.8 Å². The maximum atomic E-state index is 11.8. The van der Waals surface area contributed by atoms with Crippen LogP contribution in [0, 0.1) is 17.8 Å². The van der Waals surface area contributed by atoms with Crippen molar-refractivity contribution in [1.29, 1.82) is 0 Å². The van der Waals surface area contributed by atoms with Gasteiger partial charge in [-0.05, 0) is 37.6 Å². The molecular formula is C13H23NO2. The standard InChI is InChI=1S/C13H23NO2/c1-10-2-3-13(16)12(6-10)8-14-5-4-11(7-14)9-15/h10-12,15H,2-9H2,1H3. The van der Waals surface area contributed by atoms with E-state index in [4.69, 9.17) is 5.11 Å². The van der Waals surface area contributed by atoms with Gasteiger partial charge in [0.15, 0.2) is 0 Å². The number of carbonyl (C=O) groups is 1. The minimum atomic E-state index is 0.265. The van der Waals surface area contributed by atoms with Gasteiger partial charge in [-0.25, -0.2) is 0 Å². The average Bonchev–Trinajstić information content (AvgIpc) is 2.71. The predicted octanol–water partition coefficient (Wildman–Crippen LogP) is 1.31. The summed E-state index contributed by atoms with van der Waals surface area (Å²) in [6.45, 7) is 5.52. The van der Waals surface area contributed by atoms with Crippen LogP contribution in [0.1, 0.15) is 32.6 Å². The third-order valence-electron chi connectivity index (χ3n) is 4.13. The first-order valence-corrected chi connectivity index (χ1v) is 6.55. The molecule has 16 heavy (non-hydrogen) atoms. The summed E-state index contributed by atoms with van der Waals surface area (Å²) >= 11 is 0. The van der Waals surface area contributed by atoms with E-state index in [2.05, 4.69) is 11.8 Å². The molecule has 2 fully saturated rings. The van der Waals surface area contributed by atoms with Crippen molar-refractivity contribution in [1.82, 2.24) is 4.90 Å². The Morgan fingerprint density at radius 2 is 2.25 bits per heavy atom. The fourth-order valence-electron chi connectivity index (χ4n) is 3.04. The van der Waals surface area contributed by atoms with Gasteiger partial charge in [-0.3, -0.25) is 4.79 Å². The zero-order valence-electron chi connectivity index (χ0n) is 10.2. The number of carbonyl (C=O) groups excluding carboxylic acids is 1. The van der Waals surface area contributed by atoms with Gasteiger partial charge >= 0.3 is 0 Å². The van der Waals surface area contributed by atoms with Crippen molar-refractivity contribution in [2.75, 3.05) is 26.2 Å². The van der Waals surface area contributed by atoms with Gasteiger partial charge in [-0.15, -0.1) is 0 Å². The van der Waals surface area contributed by atoms with E-state index in [1.54, 1.807) is 0 Å². The third kappa shape index (κ3) is 2.83. The molecule has 0 spiro atoms. The first-order valence-electron chi connectivity index (χ1n) is 6.55. The van der Waals surface area contributed by atoms with Gasteiger partial charge in [-0.1, -0.05) is 6.92 Å². The molecule has 1 aliphatic heterocycles. The first kappa shape index (κ1) is 12.1. The van der Waals surface area contributed by atoms with Crippen LogP contribution >= 0.6 is 0 Å². The van der Waals surface area contributed by atoms with E-state index in [9.17, 15) is 4.79 Å². The van der Waals surface area contributed by atoms with Crippen LogP contribution in [0.2, 0.25) is 0 Å². The molecule has 0 radical (unpaired) electrons. The Kier molecular flexibility index (Phi) is 3.98. The Morgan fingerprint density at radius 3 is 2.94 bits per heavy atom. The smallest absolute Gasteiger partial charge is 0.137 e. The van der Waals surface area contributed by atoms with Crippen molar-refractivity contribution in [2.24, 2.45) is 17.8 Å². The second kappa shape index (κ2) is 5.28. The monoisotopic (exact) mass is 225 g/mol. The van der Waals surface area contributed by atoms with Gasteiger partial charge in [0.05, 0.1) is 0 Å². The molecule has 0 amide bonds. The van der Waals surface area contributed by atoms with E-state index in [1.807, 2.05) is 0 Å². The summed E-state index contributed by atoms with van der Waals surface area (Å²) in [6, 6.07) is 0. The number of ketones is 1. The highest BCUT2D eigenvalue weighted by molar-refractivity contribution is 5.81. The highest BCUT2D eigenvalue weighted by Crippen LogP contribution is 2.28. The van der Waals surface area contributed by atoms with E-state index in [1.165, 1.54) is 0 Å². The molecule has 0 aromatic carbocycles. The molecule has 1 heterocycles. The number of Topliss-reactive ketones (excluding diaryl/α,β-unsaturated/α-hetero) is 1. The lowest BCUT2D eigenvalue weighted by Crippen LogP contribution is -2.35. The molecule has 1 saturated heterocycles. The first-order chi connectivity index (χ1) is 7.69. The van der Waals surface area contributed by atoms with Gasteiger partial charge in [0.2, 0.25) is 0 Å². The number of likely N-dealkylation sites (tertiary alicyclic amines) is 1. The minimum Gasteiger partial charge on any atom is -0.396 e. The predicted molar refractivity (Wildman–Crippen MR) is 63.1 cm³/mol. The summed E-state index contributed by atoms with van der Waals surface area (Å²) < 4.78 is 0. The molecule has 3 nitrogen and oxygen atoms in total. The quantitative estimate of drug-likeness (QED) is 0.787. The number of nitrogens with zero attached hydrogens (tertiary/aromatic N) is 1. The Bertz CT molecular complexity index is 254. The molecule has 1 aliphatic carbocycles. The van der Waals surface area contributed by atoms with Gasteiger partial charge in [0, 0.05) is 32.0 Å². The fraction of sp³-hybridized carbons (Fsp3) is 0.923. The summed E-state index contributed by atoms with van der Waals surface area (Å²) in [4.78, 5) is 14.2. The molecular weight excluding hydrogens is 202 g/mol. The fourth-order valence-corrected chi connectivity index (χ4v) is 3.04. The molecule has 2 rings (SSSR count). The Hall–Kier alpha value is -0.410. The molecule has 2 aliphatic rings. The van der Waals surface area contributed by atoms with E-state index in [-0.39, 0.29) is 5.92 Å². The molecule has 1 saturated carbocycles. The zero-order valence-corrected chi connectivity index (χ0v) is 10.2. The maximum absolute atomic E-state index is 11.8. The molecule has 0 aromatic rings. The van der Waals surface area contributed by atoms with Crippen molar-refractivity contribution in [3.63, 3.8) is 0 Å². The van der Waals surface area contributed by atoms with E-state index >= 15 is 0 Å². The van der Waals surface area contributed by atoms with E-state index in [0.717, 1.165) is 45.3 Å². The highest BCUT2D eigenvalue weighted by Gasteiger charge is 2.30. The van der Waals surface area contributed by atoms with E-state index in [0.29, 0.717) is 24.2 Å². The van der Waals surface area contributed by atoms with Crippen molar-refractivity contribution >= 4 is 5.78 Å². The lowest BCUT2D eigenvalue weighted by atomic mass is 9.81. The molecule has 3 heteroatoms. The summed E-state index contributed by atoms with van der Waals surface area (Å²) in [5.41, 5.74) is 0. The normalized spacial score (nSPS) is 36.9. The number of aliphatic hydroxyl groups excluding tert-OH is 1. The summed E-state index contributed by atoms with van der Waals surface area (Å²) in [5, 5.41) is 9.09. The van der Waals surface area contributed by atoms with Crippen molar-refractivity contribution in [2.45, 2.75) is 32.6 Å². The number of aliphatic hydroxyl groups is 1. The van der Waals surface area contributed by atoms with Crippen LogP contribution in [-0.4, -0.2) is 42.0 Å². The van der Waals surface area contributed by atoms with Crippen LogP contribution in [-0.2, 0) is 4.79 Å². The molecule has 0 aromatic heterocycles. The van der Waals surface area contributed by atoms with Crippen molar-refractivity contribution in [3.05, 3.63) is 0 Å². The molecule has 0 bridgehead atoms. The van der Waals surface area contributed by atoms with Crippen LogP contribution in [0.25, 0.3) is 0 Å². The SMILES string of the molecule is CC1CCC(=O)C(CN2CCC(CO)C2)C1. The van der Waals surface area contributed by atoms with Crippen LogP contribution in [0.5, 0.6) is 0 Å². The van der Waals surface area contributed by atoms with Crippen LogP contribution < -0.4 is 0 Å².